The van der Waals surface area contributed by atoms with Crippen molar-refractivity contribution in [2.24, 2.45) is 4.99 Å². The highest BCUT2D eigenvalue weighted by atomic mass is 28.3. The van der Waals surface area contributed by atoms with Gasteiger partial charge in [0.15, 0.2) is 0 Å². The van der Waals surface area contributed by atoms with Crippen molar-refractivity contribution in [2.75, 3.05) is 6.54 Å². The molecule has 0 spiro atoms. The molecule has 0 radical (unpaired) electrons. The van der Waals surface area contributed by atoms with Gasteiger partial charge in [0, 0.05) is 6.54 Å². The molecular formula is C19H39NSi. The van der Waals surface area contributed by atoms with Crippen LogP contribution < -0.4 is 0 Å². The molecule has 0 aromatic heterocycles. The van der Waals surface area contributed by atoms with Gasteiger partial charge in [-0.05, 0) is 25.1 Å². The number of unbranched alkanes of at least 4 members (excludes halogenated alkanes) is 4. The lowest BCUT2D eigenvalue weighted by Crippen LogP contribution is -2.32. The lowest BCUT2D eigenvalue weighted by molar-refractivity contribution is 0.639. The van der Waals surface area contributed by atoms with E-state index in [2.05, 4.69) is 44.6 Å². The minimum absolute atomic E-state index is 1.04. The maximum atomic E-state index is 4.62. The zero-order valence-electron chi connectivity index (χ0n) is 15.0. The Balaban J connectivity index is 3.97. The molecule has 0 rings (SSSR count). The second kappa shape index (κ2) is 14.6. The average Bonchev–Trinajstić information content (AvgIpc) is 2.46. The van der Waals surface area contributed by atoms with Crippen LogP contribution in [0.15, 0.2) is 17.6 Å². The molecule has 1 nitrogen and oxygen atoms in total. The number of hydrogen-bond acceptors (Lipinski definition) is 1. The minimum atomic E-state index is -1.09. The lowest BCUT2D eigenvalue weighted by Gasteiger charge is -2.30. The predicted molar refractivity (Wildman–Crippen MR) is 102 cm³/mol. The Morgan fingerprint density at radius 2 is 1.52 bits per heavy atom. The van der Waals surface area contributed by atoms with Gasteiger partial charge in [-0.1, -0.05) is 83.5 Å². The smallest absolute Gasteiger partial charge is 0.0576 e. The van der Waals surface area contributed by atoms with Crippen LogP contribution in [0.1, 0.15) is 72.1 Å². The maximum Gasteiger partial charge on any atom is 0.0576 e. The minimum Gasteiger partial charge on any atom is -0.298 e. The summed E-state index contributed by atoms with van der Waals surface area (Å²) < 4.78 is 0. The summed E-state index contributed by atoms with van der Waals surface area (Å²) in [5.74, 6) is 0. The normalized spacial score (nSPS) is 12.1. The molecule has 0 bridgehead atoms. The van der Waals surface area contributed by atoms with E-state index in [9.17, 15) is 0 Å². The van der Waals surface area contributed by atoms with Crippen LogP contribution >= 0.6 is 0 Å². The van der Waals surface area contributed by atoms with E-state index in [1.807, 2.05) is 0 Å². The summed E-state index contributed by atoms with van der Waals surface area (Å²) >= 11 is 0. The van der Waals surface area contributed by atoms with Crippen molar-refractivity contribution in [3.05, 3.63) is 12.7 Å². The summed E-state index contributed by atoms with van der Waals surface area (Å²) in [6, 6.07) is 5.66. The second-order valence-corrected chi connectivity index (χ2v) is 11.4. The molecule has 0 aromatic rings. The summed E-state index contributed by atoms with van der Waals surface area (Å²) in [7, 11) is -1.09. The Morgan fingerprint density at radius 1 is 0.857 bits per heavy atom. The van der Waals surface area contributed by atoms with Gasteiger partial charge in [0.1, 0.15) is 0 Å². The summed E-state index contributed by atoms with van der Waals surface area (Å²) in [6.07, 6.45) is 15.0. The van der Waals surface area contributed by atoms with Gasteiger partial charge in [0.05, 0.1) is 8.07 Å². The Morgan fingerprint density at radius 3 is 2.10 bits per heavy atom. The molecule has 0 saturated carbocycles. The third-order valence-electron chi connectivity index (χ3n) is 4.46. The topological polar surface area (TPSA) is 12.4 Å². The Kier molecular flexibility index (Phi) is 14.3. The van der Waals surface area contributed by atoms with Gasteiger partial charge in [-0.3, -0.25) is 4.99 Å². The Hall–Kier alpha value is -0.373. The maximum absolute atomic E-state index is 4.62. The van der Waals surface area contributed by atoms with Gasteiger partial charge < -0.3 is 0 Å². The van der Waals surface area contributed by atoms with Gasteiger partial charge in [-0.25, -0.2) is 0 Å². The fourth-order valence-corrected chi connectivity index (χ4v) is 8.25. The number of aliphatic imine (C=N–C) groups is 1. The summed E-state index contributed by atoms with van der Waals surface area (Å²) in [4.78, 5) is 4.62. The van der Waals surface area contributed by atoms with E-state index in [-0.39, 0.29) is 0 Å². The van der Waals surface area contributed by atoms with Gasteiger partial charge in [-0.15, -0.1) is 6.58 Å². The molecule has 0 N–H and O–H groups in total. The molecule has 0 aliphatic carbocycles. The largest absolute Gasteiger partial charge is 0.298 e. The first-order valence-corrected chi connectivity index (χ1v) is 12.2. The second-order valence-electron chi connectivity index (χ2n) is 6.53. The number of nitrogens with zero attached hydrogens (tertiary/aromatic N) is 1. The van der Waals surface area contributed by atoms with Crippen LogP contribution in [0.5, 0.6) is 0 Å². The fourth-order valence-electron chi connectivity index (χ4n) is 3.41. The zero-order valence-corrected chi connectivity index (χ0v) is 16.0. The first-order valence-electron chi connectivity index (χ1n) is 9.33. The van der Waals surface area contributed by atoms with Gasteiger partial charge in [0.25, 0.3) is 0 Å². The van der Waals surface area contributed by atoms with Gasteiger partial charge in [0.2, 0.25) is 0 Å². The molecule has 2 heteroatoms. The van der Waals surface area contributed by atoms with E-state index >= 15 is 0 Å². The molecule has 0 aromatic carbocycles. The molecule has 0 saturated heterocycles. The van der Waals surface area contributed by atoms with E-state index in [4.69, 9.17) is 0 Å². The number of allylic oxidation sites excluding steroid dienone is 1. The van der Waals surface area contributed by atoms with Crippen molar-refractivity contribution in [3.63, 3.8) is 0 Å². The highest BCUT2D eigenvalue weighted by Crippen LogP contribution is 2.30. The molecule has 0 atom stereocenters. The molecular weight excluding hydrogens is 270 g/mol. The van der Waals surface area contributed by atoms with E-state index < -0.39 is 8.07 Å². The van der Waals surface area contributed by atoms with Gasteiger partial charge >= 0.3 is 0 Å². The zero-order chi connectivity index (χ0) is 15.8. The van der Waals surface area contributed by atoms with Crippen molar-refractivity contribution in [1.29, 1.82) is 0 Å². The third-order valence-corrected chi connectivity index (χ3v) is 10.1. The van der Waals surface area contributed by atoms with Crippen LogP contribution in [-0.2, 0) is 0 Å². The molecule has 0 heterocycles. The Labute approximate surface area is 135 Å². The average molecular weight is 310 g/mol. The van der Waals surface area contributed by atoms with Crippen molar-refractivity contribution in [3.8, 4) is 0 Å². The fraction of sp³-hybridized carbons (Fsp3) is 0.842. The van der Waals surface area contributed by atoms with Crippen LogP contribution in [0.25, 0.3) is 0 Å². The third kappa shape index (κ3) is 10.9. The summed E-state index contributed by atoms with van der Waals surface area (Å²) in [6.45, 7) is 12.0. The number of rotatable bonds is 15. The molecule has 0 fully saturated rings. The van der Waals surface area contributed by atoms with Crippen molar-refractivity contribution in [2.45, 2.75) is 96.3 Å². The quantitative estimate of drug-likeness (QED) is 0.135. The highest BCUT2D eigenvalue weighted by molar-refractivity contribution is 6.80. The monoisotopic (exact) mass is 309 g/mol. The molecule has 0 amide bonds. The van der Waals surface area contributed by atoms with E-state index in [1.165, 1.54) is 75.5 Å². The molecule has 0 aliphatic rings. The van der Waals surface area contributed by atoms with Crippen LogP contribution in [0, 0.1) is 0 Å². The standard InChI is InChI=1S/C19H39NSi/c1-5-9-10-11-12-14-20-15-13-19-21(16-6-2,17-7-3)18-8-4/h6,15H,2,5,7-14,16-19H2,1,3-4H3. The number of hydrogen-bond donors (Lipinski definition) is 0. The lowest BCUT2D eigenvalue weighted by atomic mass is 10.2. The molecule has 124 valence electrons. The van der Waals surface area contributed by atoms with Crippen LogP contribution in [-0.4, -0.2) is 20.8 Å². The van der Waals surface area contributed by atoms with Crippen LogP contribution in [0.2, 0.25) is 24.2 Å². The van der Waals surface area contributed by atoms with Gasteiger partial charge in [-0.2, -0.15) is 0 Å². The van der Waals surface area contributed by atoms with Crippen LogP contribution in [0.3, 0.4) is 0 Å². The van der Waals surface area contributed by atoms with Crippen LogP contribution in [0.4, 0.5) is 0 Å². The van der Waals surface area contributed by atoms with E-state index in [0.717, 1.165) is 6.54 Å². The molecule has 21 heavy (non-hydrogen) atoms. The first-order chi connectivity index (χ1) is 10.2. The summed E-state index contributed by atoms with van der Waals surface area (Å²) in [5, 5.41) is 0. The highest BCUT2D eigenvalue weighted by Gasteiger charge is 2.28. The summed E-state index contributed by atoms with van der Waals surface area (Å²) in [5.41, 5.74) is 0. The SMILES string of the molecule is C=CC[Si](CCC)(CCC)CCC=NCCCCCCC. The first kappa shape index (κ1) is 20.6. The van der Waals surface area contributed by atoms with Crippen molar-refractivity contribution in [1.82, 2.24) is 0 Å². The molecule has 0 unspecified atom stereocenters. The predicted octanol–water partition coefficient (Wildman–Crippen LogP) is 6.87. The van der Waals surface area contributed by atoms with Crippen molar-refractivity contribution >= 4 is 14.3 Å². The Bertz CT molecular complexity index is 254. The van der Waals surface area contributed by atoms with Crippen molar-refractivity contribution < 1.29 is 0 Å². The van der Waals surface area contributed by atoms with E-state index in [0.29, 0.717) is 0 Å². The van der Waals surface area contributed by atoms with E-state index in [1.54, 1.807) is 0 Å². The molecule has 0 aliphatic heterocycles.